The highest BCUT2D eigenvalue weighted by atomic mass is 19.4. The summed E-state index contributed by atoms with van der Waals surface area (Å²) in [6.07, 6.45) is -5.54. The molecule has 0 bridgehead atoms. The number of fused-ring (bicyclic) bond motifs is 1. The highest BCUT2D eigenvalue weighted by molar-refractivity contribution is 5.89. The van der Waals surface area contributed by atoms with Gasteiger partial charge in [0.1, 0.15) is 23.7 Å². The molecule has 0 fully saturated rings. The first-order valence-electron chi connectivity index (χ1n) is 6.34. The Bertz CT molecular complexity index is 807. The molecule has 3 rings (SSSR count). The van der Waals surface area contributed by atoms with Gasteiger partial charge in [0.15, 0.2) is 11.6 Å². The molecule has 0 aliphatic rings. The first kappa shape index (κ1) is 14.4. The molecule has 0 aliphatic carbocycles. The van der Waals surface area contributed by atoms with E-state index in [1.165, 1.54) is 6.92 Å². The highest BCUT2D eigenvalue weighted by Crippen LogP contribution is 2.28. The van der Waals surface area contributed by atoms with Gasteiger partial charge in [-0.3, -0.25) is 0 Å². The zero-order valence-corrected chi connectivity index (χ0v) is 11.3. The summed E-state index contributed by atoms with van der Waals surface area (Å²) < 4.78 is 38.9. The molecule has 10 heteroatoms. The lowest BCUT2D eigenvalue weighted by Gasteiger charge is -2.09. The largest absolute Gasteiger partial charge is 0.408 e. The average molecular weight is 312 g/mol. The molecule has 2 N–H and O–H groups in total. The van der Waals surface area contributed by atoms with Crippen LogP contribution >= 0.6 is 0 Å². The Morgan fingerprint density at radius 1 is 1.32 bits per heavy atom. The SMILES string of the molecule is CC(O)c1nc(-c2cccc3n[nH]nc23)n(CC(F)(F)F)n1. The van der Waals surface area contributed by atoms with Crippen LogP contribution in [0.3, 0.4) is 0 Å². The number of hydrogen-bond acceptors (Lipinski definition) is 5. The van der Waals surface area contributed by atoms with Crippen LogP contribution in [0, 0.1) is 0 Å². The van der Waals surface area contributed by atoms with Crippen molar-refractivity contribution < 1.29 is 18.3 Å². The molecule has 1 atom stereocenters. The van der Waals surface area contributed by atoms with E-state index in [0.29, 0.717) is 21.3 Å². The number of hydrogen-bond donors (Lipinski definition) is 2. The van der Waals surface area contributed by atoms with Crippen molar-refractivity contribution in [1.29, 1.82) is 0 Å². The minimum atomic E-state index is -4.46. The van der Waals surface area contributed by atoms with E-state index in [0.717, 1.165) is 0 Å². The fourth-order valence-corrected chi connectivity index (χ4v) is 2.06. The van der Waals surface area contributed by atoms with E-state index in [-0.39, 0.29) is 11.6 Å². The van der Waals surface area contributed by atoms with Crippen molar-refractivity contribution in [1.82, 2.24) is 30.2 Å². The topological polar surface area (TPSA) is 92.5 Å². The standard InChI is InChI=1S/C12H11F3N6O/c1-6(22)10-16-11(21(19-10)5-12(13,14)15)7-3-2-4-8-9(7)18-20-17-8/h2-4,6,22H,5H2,1H3,(H,17,18,20). The third kappa shape index (κ3) is 2.64. The number of para-hydroxylation sites is 1. The maximum Gasteiger partial charge on any atom is 0.408 e. The van der Waals surface area contributed by atoms with E-state index in [1.807, 2.05) is 0 Å². The fraction of sp³-hybridized carbons (Fsp3) is 0.333. The minimum absolute atomic E-state index is 0.0206. The molecule has 22 heavy (non-hydrogen) atoms. The van der Waals surface area contributed by atoms with Crippen LogP contribution in [0.4, 0.5) is 13.2 Å². The van der Waals surface area contributed by atoms with Crippen molar-refractivity contribution in [3.8, 4) is 11.4 Å². The summed E-state index contributed by atoms with van der Waals surface area (Å²) in [6, 6.07) is 4.88. The Morgan fingerprint density at radius 2 is 2.09 bits per heavy atom. The summed E-state index contributed by atoms with van der Waals surface area (Å²) in [5, 5.41) is 23.5. The number of aliphatic hydroxyl groups is 1. The number of rotatable bonds is 3. The molecule has 2 aromatic heterocycles. The van der Waals surface area contributed by atoms with Crippen LogP contribution in [0.1, 0.15) is 18.9 Å². The Morgan fingerprint density at radius 3 is 2.77 bits per heavy atom. The van der Waals surface area contributed by atoms with E-state index < -0.39 is 18.8 Å². The summed E-state index contributed by atoms with van der Waals surface area (Å²) in [7, 11) is 0. The molecule has 116 valence electrons. The molecule has 3 aromatic rings. The molecule has 0 spiro atoms. The maximum atomic E-state index is 12.7. The third-order valence-corrected chi connectivity index (χ3v) is 2.98. The number of aromatic amines is 1. The van der Waals surface area contributed by atoms with E-state index in [4.69, 9.17) is 0 Å². The number of nitrogens with zero attached hydrogens (tertiary/aromatic N) is 5. The minimum Gasteiger partial charge on any atom is -0.385 e. The number of H-pyrrole nitrogens is 1. The second-order valence-electron chi connectivity index (χ2n) is 4.74. The van der Waals surface area contributed by atoms with E-state index in [9.17, 15) is 18.3 Å². The van der Waals surface area contributed by atoms with E-state index >= 15 is 0 Å². The number of alkyl halides is 3. The summed E-state index contributed by atoms with van der Waals surface area (Å²) in [4.78, 5) is 4.01. The predicted octanol–water partition coefficient (Wildman–Crippen LogP) is 1.83. The number of aliphatic hydroxyl groups excluding tert-OH is 1. The zero-order chi connectivity index (χ0) is 15.9. The van der Waals surface area contributed by atoms with Crippen molar-refractivity contribution in [3.05, 3.63) is 24.0 Å². The fourth-order valence-electron chi connectivity index (χ4n) is 2.06. The van der Waals surface area contributed by atoms with Gasteiger partial charge in [0.05, 0.1) is 0 Å². The number of benzene rings is 1. The Labute approximate surface area is 121 Å². The molecule has 7 nitrogen and oxygen atoms in total. The van der Waals surface area contributed by atoms with Crippen LogP contribution in [0.2, 0.25) is 0 Å². The Balaban J connectivity index is 2.18. The molecule has 1 aromatic carbocycles. The van der Waals surface area contributed by atoms with Gasteiger partial charge >= 0.3 is 6.18 Å². The van der Waals surface area contributed by atoms with Gasteiger partial charge in [0.2, 0.25) is 0 Å². The molecule has 1 unspecified atom stereocenters. The summed E-state index contributed by atoms with van der Waals surface area (Å²) >= 11 is 0. The molecule has 0 amide bonds. The van der Waals surface area contributed by atoms with Crippen molar-refractivity contribution in [3.63, 3.8) is 0 Å². The summed E-state index contributed by atoms with van der Waals surface area (Å²) in [6.45, 7) is 0.0734. The van der Waals surface area contributed by atoms with Gasteiger partial charge in [0, 0.05) is 5.56 Å². The van der Waals surface area contributed by atoms with E-state index in [2.05, 4.69) is 25.5 Å². The number of halogens is 3. The van der Waals surface area contributed by atoms with Crippen LogP contribution in [-0.2, 0) is 6.54 Å². The van der Waals surface area contributed by atoms with Crippen molar-refractivity contribution >= 4 is 11.0 Å². The first-order chi connectivity index (χ1) is 10.3. The van der Waals surface area contributed by atoms with E-state index in [1.54, 1.807) is 18.2 Å². The van der Waals surface area contributed by atoms with Crippen molar-refractivity contribution in [2.75, 3.05) is 0 Å². The Kier molecular flexibility index (Phi) is 3.32. The van der Waals surface area contributed by atoms with Crippen LogP contribution in [0.15, 0.2) is 18.2 Å². The third-order valence-electron chi connectivity index (χ3n) is 2.98. The summed E-state index contributed by atoms with van der Waals surface area (Å²) in [5.74, 6) is -0.104. The summed E-state index contributed by atoms with van der Waals surface area (Å²) in [5.41, 5.74) is 1.24. The normalized spacial score (nSPS) is 13.7. The quantitative estimate of drug-likeness (QED) is 0.769. The van der Waals surface area contributed by atoms with Gasteiger partial charge in [0.25, 0.3) is 0 Å². The number of nitrogens with one attached hydrogen (secondary N) is 1. The average Bonchev–Trinajstić information content (AvgIpc) is 3.02. The molecule has 2 heterocycles. The molecule has 0 radical (unpaired) electrons. The molecular weight excluding hydrogens is 301 g/mol. The van der Waals surface area contributed by atoms with Crippen molar-refractivity contribution in [2.24, 2.45) is 0 Å². The van der Waals surface area contributed by atoms with Crippen LogP contribution in [0.5, 0.6) is 0 Å². The Hall–Kier alpha value is -2.49. The van der Waals surface area contributed by atoms with Gasteiger partial charge < -0.3 is 5.11 Å². The van der Waals surface area contributed by atoms with Gasteiger partial charge in [-0.2, -0.15) is 33.7 Å². The van der Waals surface area contributed by atoms with Gasteiger partial charge in [-0.05, 0) is 19.1 Å². The monoisotopic (exact) mass is 312 g/mol. The molecular formula is C12H11F3N6O. The van der Waals surface area contributed by atoms with Gasteiger partial charge in [-0.25, -0.2) is 9.67 Å². The molecule has 0 saturated carbocycles. The van der Waals surface area contributed by atoms with Crippen LogP contribution < -0.4 is 0 Å². The molecule has 0 aliphatic heterocycles. The number of aromatic nitrogens is 6. The predicted molar refractivity (Wildman–Crippen MR) is 69.6 cm³/mol. The maximum absolute atomic E-state index is 12.7. The van der Waals surface area contributed by atoms with Gasteiger partial charge in [-0.1, -0.05) is 6.07 Å². The van der Waals surface area contributed by atoms with Gasteiger partial charge in [-0.15, -0.1) is 0 Å². The lowest BCUT2D eigenvalue weighted by Crippen LogP contribution is -2.19. The van der Waals surface area contributed by atoms with Crippen LogP contribution in [0.25, 0.3) is 22.4 Å². The van der Waals surface area contributed by atoms with Crippen LogP contribution in [-0.4, -0.2) is 41.5 Å². The lowest BCUT2D eigenvalue weighted by molar-refractivity contribution is -0.142. The second-order valence-corrected chi connectivity index (χ2v) is 4.74. The zero-order valence-electron chi connectivity index (χ0n) is 11.3. The highest BCUT2D eigenvalue weighted by Gasteiger charge is 2.31. The molecule has 0 saturated heterocycles. The smallest absolute Gasteiger partial charge is 0.385 e. The van der Waals surface area contributed by atoms with Crippen molar-refractivity contribution in [2.45, 2.75) is 25.7 Å². The second kappa shape index (κ2) is 5.05. The lowest BCUT2D eigenvalue weighted by atomic mass is 10.1. The first-order valence-corrected chi connectivity index (χ1v) is 6.34.